The number of carbonyl (C=O) groups is 1. The van der Waals surface area contributed by atoms with Gasteiger partial charge in [0.2, 0.25) is 0 Å². The second kappa shape index (κ2) is 6.46. The van der Waals surface area contributed by atoms with Crippen molar-refractivity contribution in [3.05, 3.63) is 29.8 Å². The van der Waals surface area contributed by atoms with Gasteiger partial charge in [0.05, 0.1) is 19.1 Å². The van der Waals surface area contributed by atoms with Crippen LogP contribution in [0.1, 0.15) is 18.4 Å². The topological polar surface area (TPSA) is 76.1 Å². The number of nitrogens with zero attached hydrogens (tertiary/aromatic N) is 1. The van der Waals surface area contributed by atoms with Gasteiger partial charge in [0.1, 0.15) is 0 Å². The number of hydrogen-bond acceptors (Lipinski definition) is 4. The zero-order valence-corrected chi connectivity index (χ0v) is 8.98. The zero-order valence-electron chi connectivity index (χ0n) is 8.98. The lowest BCUT2D eigenvalue weighted by Crippen LogP contribution is -2.09. The van der Waals surface area contributed by atoms with Crippen molar-refractivity contribution >= 4 is 11.7 Å². The van der Waals surface area contributed by atoms with E-state index < -0.39 is 0 Å². The van der Waals surface area contributed by atoms with E-state index in [1.807, 2.05) is 6.07 Å². The van der Waals surface area contributed by atoms with Crippen LogP contribution in [0.5, 0.6) is 0 Å². The average molecular weight is 218 g/mol. The van der Waals surface area contributed by atoms with Gasteiger partial charge in [0.25, 0.3) is 0 Å². The standard InChI is InChI=1S/C12H14N2O2/c13-7-1-2-8-16-12(15)9-10-3-5-11(14)6-4-10/h3-6H,1-2,8-9,14H2. The van der Waals surface area contributed by atoms with Gasteiger partial charge in [0, 0.05) is 12.1 Å². The van der Waals surface area contributed by atoms with Gasteiger partial charge in [-0.15, -0.1) is 0 Å². The predicted octanol–water partition coefficient (Wildman–Crippen LogP) is 1.66. The van der Waals surface area contributed by atoms with E-state index in [1.165, 1.54) is 0 Å². The number of benzene rings is 1. The van der Waals surface area contributed by atoms with Gasteiger partial charge in [-0.25, -0.2) is 0 Å². The van der Waals surface area contributed by atoms with Crippen molar-refractivity contribution in [1.82, 2.24) is 0 Å². The summed E-state index contributed by atoms with van der Waals surface area (Å²) < 4.78 is 4.96. The molecule has 0 aliphatic carbocycles. The highest BCUT2D eigenvalue weighted by molar-refractivity contribution is 5.72. The van der Waals surface area contributed by atoms with Crippen molar-refractivity contribution in [2.75, 3.05) is 12.3 Å². The molecule has 0 aromatic heterocycles. The van der Waals surface area contributed by atoms with E-state index in [0.29, 0.717) is 25.1 Å². The number of ether oxygens (including phenoxy) is 1. The van der Waals surface area contributed by atoms with Crippen LogP contribution in [-0.2, 0) is 16.0 Å². The van der Waals surface area contributed by atoms with E-state index in [2.05, 4.69) is 0 Å². The summed E-state index contributed by atoms with van der Waals surface area (Å²) in [5.41, 5.74) is 7.07. The number of anilines is 1. The first kappa shape index (κ1) is 12.1. The van der Waals surface area contributed by atoms with Crippen LogP contribution in [0.2, 0.25) is 0 Å². The van der Waals surface area contributed by atoms with Gasteiger partial charge in [-0.1, -0.05) is 12.1 Å². The molecule has 0 fully saturated rings. The molecule has 84 valence electrons. The third-order valence-corrected chi connectivity index (χ3v) is 2.02. The highest BCUT2D eigenvalue weighted by atomic mass is 16.5. The number of unbranched alkanes of at least 4 members (excludes halogenated alkanes) is 1. The largest absolute Gasteiger partial charge is 0.465 e. The summed E-state index contributed by atoms with van der Waals surface area (Å²) in [7, 11) is 0. The number of nitriles is 1. The third-order valence-electron chi connectivity index (χ3n) is 2.02. The first-order chi connectivity index (χ1) is 7.72. The highest BCUT2D eigenvalue weighted by Crippen LogP contribution is 2.06. The normalized spacial score (nSPS) is 9.44. The summed E-state index contributed by atoms with van der Waals surface area (Å²) in [5, 5.41) is 8.29. The Bertz CT molecular complexity index is 379. The molecule has 2 N–H and O–H groups in total. The molecule has 4 heteroatoms. The number of rotatable bonds is 5. The van der Waals surface area contributed by atoms with E-state index in [4.69, 9.17) is 15.7 Å². The van der Waals surface area contributed by atoms with Crippen molar-refractivity contribution in [1.29, 1.82) is 5.26 Å². The maximum absolute atomic E-state index is 11.3. The fourth-order valence-electron chi connectivity index (χ4n) is 1.19. The third kappa shape index (κ3) is 4.47. The van der Waals surface area contributed by atoms with E-state index in [1.54, 1.807) is 24.3 Å². The van der Waals surface area contributed by atoms with Crippen LogP contribution in [0.4, 0.5) is 5.69 Å². The molecule has 0 unspecified atom stereocenters. The first-order valence-corrected chi connectivity index (χ1v) is 5.09. The fraction of sp³-hybridized carbons (Fsp3) is 0.333. The molecule has 0 atom stereocenters. The number of carbonyl (C=O) groups excluding carboxylic acids is 1. The van der Waals surface area contributed by atoms with Crippen LogP contribution in [0, 0.1) is 11.3 Å². The van der Waals surface area contributed by atoms with E-state index in [9.17, 15) is 4.79 Å². The summed E-state index contributed by atoms with van der Waals surface area (Å²) in [5.74, 6) is -0.275. The smallest absolute Gasteiger partial charge is 0.310 e. The number of nitrogen functional groups attached to an aromatic ring is 1. The molecule has 16 heavy (non-hydrogen) atoms. The molecule has 0 bridgehead atoms. The van der Waals surface area contributed by atoms with Crippen LogP contribution in [0.15, 0.2) is 24.3 Å². The summed E-state index contributed by atoms with van der Waals surface area (Å²) in [6, 6.07) is 9.08. The highest BCUT2D eigenvalue weighted by Gasteiger charge is 2.04. The molecule has 1 rings (SSSR count). The minimum absolute atomic E-state index is 0.243. The van der Waals surface area contributed by atoms with Crippen LogP contribution < -0.4 is 5.73 Å². The van der Waals surface area contributed by atoms with Crippen molar-refractivity contribution < 1.29 is 9.53 Å². The number of esters is 1. The van der Waals surface area contributed by atoms with Crippen LogP contribution in [-0.4, -0.2) is 12.6 Å². The van der Waals surface area contributed by atoms with Gasteiger partial charge in [-0.3, -0.25) is 4.79 Å². The minimum Gasteiger partial charge on any atom is -0.465 e. The molecule has 0 aliphatic rings. The molecule has 0 aliphatic heterocycles. The molecule has 0 amide bonds. The van der Waals surface area contributed by atoms with Gasteiger partial charge in [-0.2, -0.15) is 5.26 Å². The second-order valence-electron chi connectivity index (χ2n) is 3.40. The predicted molar refractivity (Wildman–Crippen MR) is 60.4 cm³/mol. The molecule has 0 saturated carbocycles. The van der Waals surface area contributed by atoms with E-state index >= 15 is 0 Å². The molecule has 4 nitrogen and oxygen atoms in total. The molecule has 1 aromatic rings. The fourth-order valence-corrected chi connectivity index (χ4v) is 1.19. The summed E-state index contributed by atoms with van der Waals surface area (Å²) in [6.07, 6.45) is 1.24. The molecular formula is C12H14N2O2. The summed E-state index contributed by atoms with van der Waals surface area (Å²) in [4.78, 5) is 11.3. The maximum atomic E-state index is 11.3. The Morgan fingerprint density at radius 3 is 2.69 bits per heavy atom. The van der Waals surface area contributed by atoms with Crippen LogP contribution in [0.3, 0.4) is 0 Å². The quantitative estimate of drug-likeness (QED) is 0.463. The zero-order chi connectivity index (χ0) is 11.8. The Balaban J connectivity index is 2.29. The maximum Gasteiger partial charge on any atom is 0.310 e. The summed E-state index contributed by atoms with van der Waals surface area (Å²) in [6.45, 7) is 0.307. The Hall–Kier alpha value is -2.02. The van der Waals surface area contributed by atoms with Crippen LogP contribution >= 0.6 is 0 Å². The molecule has 0 saturated heterocycles. The van der Waals surface area contributed by atoms with E-state index in [0.717, 1.165) is 5.56 Å². The molecular weight excluding hydrogens is 204 g/mol. The monoisotopic (exact) mass is 218 g/mol. The lowest BCUT2D eigenvalue weighted by molar-refractivity contribution is -0.142. The Kier molecular flexibility index (Phi) is 4.87. The minimum atomic E-state index is -0.275. The van der Waals surface area contributed by atoms with Crippen molar-refractivity contribution in [3.8, 4) is 6.07 Å². The van der Waals surface area contributed by atoms with Gasteiger partial charge < -0.3 is 10.5 Å². The number of hydrogen-bond donors (Lipinski definition) is 1. The van der Waals surface area contributed by atoms with E-state index in [-0.39, 0.29) is 12.4 Å². The van der Waals surface area contributed by atoms with Crippen LogP contribution in [0.25, 0.3) is 0 Å². The van der Waals surface area contributed by atoms with Crippen molar-refractivity contribution in [2.45, 2.75) is 19.3 Å². The van der Waals surface area contributed by atoms with Gasteiger partial charge in [0.15, 0.2) is 0 Å². The van der Waals surface area contributed by atoms with Crippen molar-refractivity contribution in [3.63, 3.8) is 0 Å². The summed E-state index contributed by atoms with van der Waals surface area (Å²) >= 11 is 0. The second-order valence-corrected chi connectivity index (χ2v) is 3.40. The average Bonchev–Trinajstić information content (AvgIpc) is 2.28. The molecule has 0 heterocycles. The Labute approximate surface area is 94.6 Å². The molecule has 0 spiro atoms. The Morgan fingerprint density at radius 2 is 2.06 bits per heavy atom. The lowest BCUT2D eigenvalue weighted by Gasteiger charge is -2.03. The number of nitrogens with two attached hydrogens (primary N) is 1. The first-order valence-electron chi connectivity index (χ1n) is 5.09. The molecule has 0 radical (unpaired) electrons. The Morgan fingerprint density at radius 1 is 1.38 bits per heavy atom. The van der Waals surface area contributed by atoms with Gasteiger partial charge >= 0.3 is 5.97 Å². The molecule has 1 aromatic carbocycles. The van der Waals surface area contributed by atoms with Crippen molar-refractivity contribution in [2.24, 2.45) is 0 Å². The lowest BCUT2D eigenvalue weighted by atomic mass is 10.1. The SMILES string of the molecule is N#CCCCOC(=O)Cc1ccc(N)cc1. The van der Waals surface area contributed by atoms with Gasteiger partial charge in [-0.05, 0) is 24.1 Å².